The molecule has 0 bridgehead atoms. The topological polar surface area (TPSA) is 87.7 Å². The number of nitrogens with zero attached hydrogens (tertiary/aromatic N) is 1. The number of ether oxygens (including phenoxy) is 1. The molecule has 1 aliphatic heterocycles. The molecule has 1 amide bonds. The molecule has 0 spiro atoms. The number of benzene rings is 1. The van der Waals surface area contributed by atoms with Crippen molar-refractivity contribution in [2.24, 2.45) is 0 Å². The third kappa shape index (κ3) is 5.78. The van der Waals surface area contributed by atoms with Gasteiger partial charge in [0.2, 0.25) is 15.9 Å². The first-order valence-corrected chi connectivity index (χ1v) is 9.99. The minimum Gasteiger partial charge on any atom is -0.383 e. The highest BCUT2D eigenvalue weighted by molar-refractivity contribution is 7.89. The Balaban J connectivity index is 1.97. The molecule has 8 heteroatoms. The van der Waals surface area contributed by atoms with Crippen LogP contribution in [0, 0.1) is 0 Å². The van der Waals surface area contributed by atoms with E-state index in [4.69, 9.17) is 4.74 Å². The fraction of sp³-hybridized carbons (Fsp3) is 0.588. The van der Waals surface area contributed by atoms with Crippen LogP contribution in [-0.2, 0) is 32.4 Å². The van der Waals surface area contributed by atoms with E-state index < -0.39 is 10.0 Å². The molecular weight excluding hydrogens is 342 g/mol. The number of nitrogens with one attached hydrogen (secondary N) is 2. The summed E-state index contributed by atoms with van der Waals surface area (Å²) in [5, 5.41) is 3.09. The highest BCUT2D eigenvalue weighted by Gasteiger charge is 2.19. The lowest BCUT2D eigenvalue weighted by atomic mass is 10.0. The Hall–Kier alpha value is -1.48. The Morgan fingerprint density at radius 2 is 1.88 bits per heavy atom. The number of hydrogen-bond acceptors (Lipinski definition) is 5. The van der Waals surface area contributed by atoms with Crippen LogP contribution in [-0.4, -0.2) is 65.7 Å². The van der Waals surface area contributed by atoms with Gasteiger partial charge in [-0.05, 0) is 36.1 Å². The zero-order chi connectivity index (χ0) is 18.3. The van der Waals surface area contributed by atoms with Gasteiger partial charge < -0.3 is 15.0 Å². The highest BCUT2D eigenvalue weighted by atomic mass is 32.2. The monoisotopic (exact) mass is 369 g/mol. The molecule has 1 aliphatic rings. The first kappa shape index (κ1) is 19.8. The maximum atomic E-state index is 12.4. The molecule has 0 unspecified atom stereocenters. The summed E-state index contributed by atoms with van der Waals surface area (Å²) in [5.74, 6) is 0.0586. The van der Waals surface area contributed by atoms with Gasteiger partial charge in [0.25, 0.3) is 0 Å². The van der Waals surface area contributed by atoms with Gasteiger partial charge in [0, 0.05) is 46.8 Å². The van der Waals surface area contributed by atoms with Crippen LogP contribution in [0.25, 0.3) is 0 Å². The first-order chi connectivity index (χ1) is 11.9. The van der Waals surface area contributed by atoms with E-state index in [1.54, 1.807) is 31.1 Å². The van der Waals surface area contributed by atoms with Crippen LogP contribution in [0.15, 0.2) is 23.1 Å². The molecule has 0 aliphatic carbocycles. The Morgan fingerprint density at radius 3 is 2.56 bits per heavy atom. The summed E-state index contributed by atoms with van der Waals surface area (Å²) in [7, 11) is -1.91. The van der Waals surface area contributed by atoms with Gasteiger partial charge in [-0.25, -0.2) is 13.1 Å². The minimum absolute atomic E-state index is 0.0586. The Morgan fingerprint density at radius 1 is 1.16 bits per heavy atom. The number of fused-ring (bicyclic) bond motifs is 1. The van der Waals surface area contributed by atoms with E-state index in [1.165, 1.54) is 0 Å². The van der Waals surface area contributed by atoms with Crippen LogP contribution in [0.4, 0.5) is 0 Å². The van der Waals surface area contributed by atoms with Gasteiger partial charge >= 0.3 is 0 Å². The summed E-state index contributed by atoms with van der Waals surface area (Å²) in [4.78, 5) is 13.6. The minimum atomic E-state index is -3.53. The molecular formula is C17H27N3O4S. The lowest BCUT2D eigenvalue weighted by molar-refractivity contribution is -0.128. The largest absolute Gasteiger partial charge is 0.383 e. The molecule has 0 aromatic heterocycles. The van der Waals surface area contributed by atoms with Crippen molar-refractivity contribution in [3.63, 3.8) is 0 Å². The van der Waals surface area contributed by atoms with Crippen molar-refractivity contribution in [2.75, 3.05) is 46.4 Å². The van der Waals surface area contributed by atoms with Crippen LogP contribution < -0.4 is 10.0 Å². The third-order valence-electron chi connectivity index (χ3n) is 4.31. The predicted octanol–water partition coefficient (Wildman–Crippen LogP) is 0.148. The van der Waals surface area contributed by atoms with Gasteiger partial charge in [0.15, 0.2) is 0 Å². The molecule has 2 N–H and O–H groups in total. The SMILES string of the molecule is COCCNCCNS(=O)(=O)c1ccc2c(c1)CCN(C(C)=O)CC2. The first-order valence-electron chi connectivity index (χ1n) is 8.50. The number of sulfonamides is 1. The average Bonchev–Trinajstić information content (AvgIpc) is 2.80. The van der Waals surface area contributed by atoms with Crippen molar-refractivity contribution in [3.05, 3.63) is 29.3 Å². The van der Waals surface area contributed by atoms with Gasteiger partial charge in [0.1, 0.15) is 0 Å². The normalized spacial score (nSPS) is 14.9. The van der Waals surface area contributed by atoms with E-state index in [0.29, 0.717) is 45.8 Å². The van der Waals surface area contributed by atoms with Crippen molar-refractivity contribution in [1.29, 1.82) is 0 Å². The second-order valence-corrected chi connectivity index (χ2v) is 7.84. The number of amides is 1. The number of rotatable bonds is 8. The lowest BCUT2D eigenvalue weighted by Crippen LogP contribution is -2.33. The lowest BCUT2D eigenvalue weighted by Gasteiger charge is -2.17. The van der Waals surface area contributed by atoms with Crippen LogP contribution in [0.5, 0.6) is 0 Å². The number of carbonyl (C=O) groups excluding carboxylic acids is 1. The van der Waals surface area contributed by atoms with Crippen LogP contribution in [0.3, 0.4) is 0 Å². The molecule has 0 atom stereocenters. The van der Waals surface area contributed by atoms with Crippen molar-refractivity contribution >= 4 is 15.9 Å². The molecule has 0 fully saturated rings. The van der Waals surface area contributed by atoms with Gasteiger partial charge in [-0.2, -0.15) is 0 Å². The summed E-state index contributed by atoms with van der Waals surface area (Å²) in [6.07, 6.45) is 1.43. The van der Waals surface area contributed by atoms with Crippen molar-refractivity contribution in [1.82, 2.24) is 14.9 Å². The van der Waals surface area contributed by atoms with E-state index in [0.717, 1.165) is 17.5 Å². The second-order valence-electron chi connectivity index (χ2n) is 6.08. The quantitative estimate of drug-likeness (QED) is 0.637. The smallest absolute Gasteiger partial charge is 0.240 e. The van der Waals surface area contributed by atoms with E-state index in [2.05, 4.69) is 10.0 Å². The molecule has 0 saturated carbocycles. The molecule has 25 heavy (non-hydrogen) atoms. The van der Waals surface area contributed by atoms with Gasteiger partial charge in [-0.3, -0.25) is 4.79 Å². The third-order valence-corrected chi connectivity index (χ3v) is 5.77. The summed E-state index contributed by atoms with van der Waals surface area (Å²) in [6.45, 7) is 5.01. The zero-order valence-corrected chi connectivity index (χ0v) is 15.7. The Kier molecular flexibility index (Phi) is 7.37. The van der Waals surface area contributed by atoms with Gasteiger partial charge in [-0.15, -0.1) is 0 Å². The van der Waals surface area contributed by atoms with Gasteiger partial charge in [0.05, 0.1) is 11.5 Å². The summed E-state index contributed by atoms with van der Waals surface area (Å²) >= 11 is 0. The molecule has 1 heterocycles. The summed E-state index contributed by atoms with van der Waals surface area (Å²) < 4.78 is 32.4. The Labute approximate surface area is 149 Å². The molecule has 1 aromatic carbocycles. The van der Waals surface area contributed by atoms with Crippen molar-refractivity contribution in [3.8, 4) is 0 Å². The molecule has 7 nitrogen and oxygen atoms in total. The van der Waals surface area contributed by atoms with E-state index in [9.17, 15) is 13.2 Å². The fourth-order valence-corrected chi connectivity index (χ4v) is 3.92. The molecule has 1 aromatic rings. The van der Waals surface area contributed by atoms with Crippen LogP contribution in [0.2, 0.25) is 0 Å². The van der Waals surface area contributed by atoms with Gasteiger partial charge in [-0.1, -0.05) is 6.07 Å². The fourth-order valence-electron chi connectivity index (χ4n) is 2.84. The number of carbonyl (C=O) groups is 1. The molecule has 140 valence electrons. The maximum Gasteiger partial charge on any atom is 0.240 e. The van der Waals surface area contributed by atoms with E-state index in [1.807, 2.05) is 6.07 Å². The van der Waals surface area contributed by atoms with Crippen LogP contribution in [0.1, 0.15) is 18.1 Å². The van der Waals surface area contributed by atoms with Crippen molar-refractivity contribution in [2.45, 2.75) is 24.7 Å². The van der Waals surface area contributed by atoms with Crippen LogP contribution >= 0.6 is 0 Å². The highest BCUT2D eigenvalue weighted by Crippen LogP contribution is 2.20. The second kappa shape index (κ2) is 9.28. The maximum absolute atomic E-state index is 12.4. The van der Waals surface area contributed by atoms with Crippen molar-refractivity contribution < 1.29 is 17.9 Å². The molecule has 2 rings (SSSR count). The molecule has 0 saturated heterocycles. The Bertz CT molecular complexity index is 691. The molecule has 0 radical (unpaired) electrons. The average molecular weight is 369 g/mol. The van der Waals surface area contributed by atoms with E-state index >= 15 is 0 Å². The van der Waals surface area contributed by atoms with E-state index in [-0.39, 0.29) is 10.8 Å². The summed E-state index contributed by atoms with van der Waals surface area (Å²) in [6, 6.07) is 5.24. The zero-order valence-electron chi connectivity index (χ0n) is 14.9. The number of methoxy groups -OCH3 is 1. The number of hydrogen-bond donors (Lipinski definition) is 2. The summed E-state index contributed by atoms with van der Waals surface area (Å²) in [5.41, 5.74) is 2.12. The standard InChI is InChI=1S/C17H27N3O4S/c1-14(21)20-10-5-15-3-4-17(13-16(15)6-11-20)25(22,23)19-8-7-18-9-12-24-2/h3-4,13,18-19H,5-12H2,1-2H3. The predicted molar refractivity (Wildman–Crippen MR) is 96.0 cm³/mol.